The summed E-state index contributed by atoms with van der Waals surface area (Å²) in [5.74, 6) is 0.829. The molecule has 0 radical (unpaired) electrons. The number of aryl methyl sites for hydroxylation is 1. The number of hydrogen-bond donors (Lipinski definition) is 0. The normalized spacial score (nSPS) is 20.8. The molecule has 1 heterocycles. The highest BCUT2D eigenvalue weighted by Gasteiger charge is 2.36. The molecule has 0 N–H and O–H groups in total. The van der Waals surface area contributed by atoms with Gasteiger partial charge in [0.1, 0.15) is 5.60 Å². The second-order valence-electron chi connectivity index (χ2n) is 5.46. The maximum atomic E-state index is 6.13. The van der Waals surface area contributed by atoms with E-state index in [0.717, 1.165) is 29.9 Å². The lowest BCUT2D eigenvalue weighted by Crippen LogP contribution is -2.30. The molecule has 1 saturated carbocycles. The molecule has 1 aliphatic carbocycles. The zero-order valence-electron chi connectivity index (χ0n) is 12.1. The lowest BCUT2D eigenvalue weighted by molar-refractivity contribution is -0.0353. The molecule has 0 amide bonds. The summed E-state index contributed by atoms with van der Waals surface area (Å²) in [5.41, 5.74) is 1.67. The fourth-order valence-electron chi connectivity index (χ4n) is 2.91. The number of hydrogen-bond acceptors (Lipinski definition) is 3. The van der Waals surface area contributed by atoms with Gasteiger partial charge >= 0.3 is 0 Å². The Hall–Kier alpha value is -0.670. The summed E-state index contributed by atoms with van der Waals surface area (Å²) in [6.45, 7) is 3.95. The van der Waals surface area contributed by atoms with E-state index in [9.17, 15) is 0 Å². The molecule has 0 aromatic carbocycles. The highest BCUT2D eigenvalue weighted by molar-refractivity contribution is 6.20. The Morgan fingerprint density at radius 2 is 1.89 bits per heavy atom. The Kier molecular flexibility index (Phi) is 4.80. The molecule has 1 aromatic heterocycles. The van der Waals surface area contributed by atoms with Crippen molar-refractivity contribution in [3.63, 3.8) is 0 Å². The molecule has 1 aliphatic rings. The van der Waals surface area contributed by atoms with Crippen LogP contribution < -0.4 is 0 Å². The van der Waals surface area contributed by atoms with Crippen LogP contribution in [0.4, 0.5) is 0 Å². The van der Waals surface area contributed by atoms with Crippen LogP contribution in [0.2, 0.25) is 0 Å². The molecule has 4 heteroatoms. The summed E-state index contributed by atoms with van der Waals surface area (Å²) < 4.78 is 5.84. The second-order valence-corrected chi connectivity index (χ2v) is 6.12. The largest absolute Gasteiger partial charge is 0.370 e. The molecular weight excluding hydrogens is 260 g/mol. The third kappa shape index (κ3) is 3.09. The van der Waals surface area contributed by atoms with Crippen LogP contribution in [0.15, 0.2) is 6.20 Å². The van der Waals surface area contributed by atoms with Crippen LogP contribution >= 0.6 is 11.6 Å². The number of aromatic nitrogens is 2. The van der Waals surface area contributed by atoms with E-state index in [1.54, 1.807) is 7.11 Å². The minimum atomic E-state index is -0.296. The quantitative estimate of drug-likeness (QED) is 0.613. The van der Waals surface area contributed by atoms with E-state index in [1.165, 1.54) is 25.7 Å². The van der Waals surface area contributed by atoms with E-state index in [0.29, 0.717) is 0 Å². The van der Waals surface area contributed by atoms with Gasteiger partial charge in [-0.25, -0.2) is 9.97 Å². The molecule has 3 nitrogen and oxygen atoms in total. The molecule has 1 atom stereocenters. The summed E-state index contributed by atoms with van der Waals surface area (Å²) >= 11 is 6.13. The number of methoxy groups -OCH3 is 1. The summed E-state index contributed by atoms with van der Waals surface area (Å²) in [5, 5.41) is -0.0540. The van der Waals surface area contributed by atoms with Gasteiger partial charge in [-0.15, -0.1) is 11.6 Å². The van der Waals surface area contributed by atoms with Crippen LogP contribution in [-0.2, 0) is 10.3 Å². The van der Waals surface area contributed by atoms with E-state index < -0.39 is 0 Å². The van der Waals surface area contributed by atoms with Crippen LogP contribution in [0.25, 0.3) is 0 Å². The molecule has 0 saturated heterocycles. The number of rotatable bonds is 3. The van der Waals surface area contributed by atoms with Gasteiger partial charge in [0, 0.05) is 24.6 Å². The van der Waals surface area contributed by atoms with Gasteiger partial charge < -0.3 is 4.74 Å². The van der Waals surface area contributed by atoms with Crippen molar-refractivity contribution in [3.8, 4) is 0 Å². The first kappa shape index (κ1) is 14.7. The number of alkyl halides is 1. The van der Waals surface area contributed by atoms with Crippen molar-refractivity contribution in [1.82, 2.24) is 9.97 Å². The highest BCUT2D eigenvalue weighted by atomic mass is 35.5. The van der Waals surface area contributed by atoms with Crippen LogP contribution in [-0.4, -0.2) is 17.1 Å². The summed E-state index contributed by atoms with van der Waals surface area (Å²) in [4.78, 5) is 9.23. The SMILES string of the molecule is COC1(c2ncc(C(C)Cl)c(C)n2)CCCCCC1. The monoisotopic (exact) mass is 282 g/mol. The first-order valence-corrected chi connectivity index (χ1v) is 7.56. The van der Waals surface area contributed by atoms with Gasteiger partial charge in [-0.05, 0) is 26.7 Å². The van der Waals surface area contributed by atoms with Crippen molar-refractivity contribution < 1.29 is 4.74 Å². The van der Waals surface area contributed by atoms with Gasteiger partial charge in [0.15, 0.2) is 5.82 Å². The van der Waals surface area contributed by atoms with Crippen molar-refractivity contribution in [2.24, 2.45) is 0 Å². The second kappa shape index (κ2) is 6.19. The zero-order chi connectivity index (χ0) is 13.9. The van der Waals surface area contributed by atoms with Crippen LogP contribution in [0.1, 0.15) is 67.9 Å². The van der Waals surface area contributed by atoms with Crippen LogP contribution in [0.5, 0.6) is 0 Å². The third-order valence-electron chi connectivity index (χ3n) is 4.16. The maximum absolute atomic E-state index is 6.13. The summed E-state index contributed by atoms with van der Waals surface area (Å²) in [6.07, 6.45) is 8.81. The maximum Gasteiger partial charge on any atom is 0.160 e. The Balaban J connectivity index is 2.35. The Bertz CT molecular complexity index is 426. The van der Waals surface area contributed by atoms with Gasteiger partial charge in [0.05, 0.1) is 5.38 Å². The molecule has 19 heavy (non-hydrogen) atoms. The van der Waals surface area contributed by atoms with Gasteiger partial charge in [-0.3, -0.25) is 0 Å². The Morgan fingerprint density at radius 3 is 2.37 bits per heavy atom. The molecule has 1 aromatic rings. The minimum absolute atomic E-state index is 0.0540. The average Bonchev–Trinajstić information content (AvgIpc) is 2.64. The Labute approximate surface area is 120 Å². The first-order valence-electron chi connectivity index (χ1n) is 7.12. The number of ether oxygens (including phenoxy) is 1. The van der Waals surface area contributed by atoms with Crippen molar-refractivity contribution in [2.45, 2.75) is 63.4 Å². The highest BCUT2D eigenvalue weighted by Crippen LogP contribution is 2.37. The predicted octanol–water partition coefficient (Wildman–Crippen LogP) is 4.28. The van der Waals surface area contributed by atoms with Gasteiger partial charge in [-0.1, -0.05) is 25.7 Å². The molecule has 106 valence electrons. The lowest BCUT2D eigenvalue weighted by Gasteiger charge is -2.30. The van der Waals surface area contributed by atoms with E-state index in [4.69, 9.17) is 16.3 Å². The number of halogens is 1. The molecule has 0 aliphatic heterocycles. The fraction of sp³-hybridized carbons (Fsp3) is 0.733. The van der Waals surface area contributed by atoms with E-state index in [1.807, 2.05) is 20.0 Å². The molecule has 0 spiro atoms. The topological polar surface area (TPSA) is 35.0 Å². The lowest BCUT2D eigenvalue weighted by atomic mass is 9.93. The fourth-order valence-corrected chi connectivity index (χ4v) is 3.12. The van der Waals surface area contributed by atoms with Gasteiger partial charge in [0.2, 0.25) is 0 Å². The summed E-state index contributed by atoms with van der Waals surface area (Å²) in [6, 6.07) is 0. The third-order valence-corrected chi connectivity index (χ3v) is 4.39. The zero-order valence-corrected chi connectivity index (χ0v) is 12.8. The van der Waals surface area contributed by atoms with E-state index >= 15 is 0 Å². The van der Waals surface area contributed by atoms with Gasteiger partial charge in [0.25, 0.3) is 0 Å². The minimum Gasteiger partial charge on any atom is -0.370 e. The van der Waals surface area contributed by atoms with Crippen molar-refractivity contribution in [3.05, 3.63) is 23.3 Å². The Morgan fingerprint density at radius 1 is 1.26 bits per heavy atom. The first-order chi connectivity index (χ1) is 9.09. The van der Waals surface area contributed by atoms with Crippen molar-refractivity contribution in [1.29, 1.82) is 0 Å². The van der Waals surface area contributed by atoms with E-state index in [2.05, 4.69) is 9.97 Å². The molecule has 1 fully saturated rings. The van der Waals surface area contributed by atoms with Crippen LogP contribution in [0, 0.1) is 6.92 Å². The molecule has 2 rings (SSSR count). The number of nitrogens with zero attached hydrogens (tertiary/aromatic N) is 2. The van der Waals surface area contributed by atoms with Gasteiger partial charge in [-0.2, -0.15) is 0 Å². The molecule has 0 bridgehead atoms. The van der Waals surface area contributed by atoms with Crippen molar-refractivity contribution >= 4 is 11.6 Å². The average molecular weight is 283 g/mol. The molecule has 1 unspecified atom stereocenters. The predicted molar refractivity (Wildman–Crippen MR) is 77.4 cm³/mol. The van der Waals surface area contributed by atoms with Crippen molar-refractivity contribution in [2.75, 3.05) is 7.11 Å². The standard InChI is InChI=1S/C15H23ClN2O/c1-11(16)13-10-17-14(18-12(13)2)15(19-3)8-6-4-5-7-9-15/h10-11H,4-9H2,1-3H3. The summed E-state index contributed by atoms with van der Waals surface area (Å²) in [7, 11) is 1.78. The smallest absolute Gasteiger partial charge is 0.160 e. The van der Waals surface area contributed by atoms with E-state index in [-0.39, 0.29) is 11.0 Å². The molecular formula is C15H23ClN2O. The van der Waals surface area contributed by atoms with Crippen LogP contribution in [0.3, 0.4) is 0 Å².